The molecule has 3 unspecified atom stereocenters. The van der Waals surface area contributed by atoms with Gasteiger partial charge in [0.05, 0.1) is 11.8 Å². The molecule has 0 saturated carbocycles. The van der Waals surface area contributed by atoms with Crippen LogP contribution in [0.3, 0.4) is 0 Å². The second kappa shape index (κ2) is 4.73. The summed E-state index contributed by atoms with van der Waals surface area (Å²) in [4.78, 5) is 23.2. The zero-order chi connectivity index (χ0) is 15.3. The van der Waals surface area contributed by atoms with Crippen LogP contribution in [-0.4, -0.2) is 18.2 Å². The second-order valence-corrected chi connectivity index (χ2v) is 5.70. The highest BCUT2D eigenvalue weighted by atomic mass is 16.7. The van der Waals surface area contributed by atoms with Crippen LogP contribution in [0.2, 0.25) is 0 Å². The number of cyclic esters (lactones) is 1. The van der Waals surface area contributed by atoms with Crippen molar-refractivity contribution in [2.75, 3.05) is 0 Å². The van der Waals surface area contributed by atoms with Gasteiger partial charge in [-0.05, 0) is 24.5 Å². The van der Waals surface area contributed by atoms with Crippen molar-refractivity contribution in [2.45, 2.75) is 25.7 Å². The van der Waals surface area contributed by atoms with Gasteiger partial charge in [0.2, 0.25) is 0 Å². The predicted octanol–water partition coefficient (Wildman–Crippen LogP) is 2.19. The van der Waals surface area contributed by atoms with Gasteiger partial charge in [0.15, 0.2) is 0 Å². The summed E-state index contributed by atoms with van der Waals surface area (Å²) in [7, 11) is 0. The molecule has 3 atom stereocenters. The van der Waals surface area contributed by atoms with Crippen LogP contribution in [0, 0.1) is 5.92 Å². The molecular formula is C17H14O5. The summed E-state index contributed by atoms with van der Waals surface area (Å²) < 4.78 is 15.9. The van der Waals surface area contributed by atoms with Crippen molar-refractivity contribution in [1.82, 2.24) is 0 Å². The van der Waals surface area contributed by atoms with Crippen molar-refractivity contribution in [2.24, 2.45) is 5.92 Å². The third kappa shape index (κ3) is 1.93. The Morgan fingerprint density at radius 3 is 2.82 bits per heavy atom. The molecule has 2 heterocycles. The van der Waals surface area contributed by atoms with Gasteiger partial charge in [0.25, 0.3) is 6.29 Å². The Balaban J connectivity index is 1.56. The van der Waals surface area contributed by atoms with Crippen molar-refractivity contribution >= 4 is 11.9 Å². The zero-order valence-electron chi connectivity index (χ0n) is 11.9. The van der Waals surface area contributed by atoms with E-state index >= 15 is 0 Å². The molecule has 0 spiro atoms. The third-order valence-electron chi connectivity index (χ3n) is 4.30. The van der Waals surface area contributed by atoms with Crippen LogP contribution in [0.5, 0.6) is 0 Å². The van der Waals surface area contributed by atoms with Crippen LogP contribution in [0.25, 0.3) is 0 Å². The molecule has 0 aromatic heterocycles. The zero-order valence-corrected chi connectivity index (χ0v) is 11.9. The number of ether oxygens (including phenoxy) is 3. The number of rotatable bonds is 2. The summed E-state index contributed by atoms with van der Waals surface area (Å²) >= 11 is 0. The molecule has 0 N–H and O–H groups in total. The van der Waals surface area contributed by atoms with Gasteiger partial charge < -0.3 is 14.2 Å². The van der Waals surface area contributed by atoms with E-state index in [0.717, 1.165) is 12.0 Å². The van der Waals surface area contributed by atoms with E-state index in [4.69, 9.17) is 14.2 Å². The molecule has 112 valence electrons. The molecule has 1 fully saturated rings. The lowest BCUT2D eigenvalue weighted by molar-refractivity contribution is -0.152. The molecule has 0 bridgehead atoms. The summed E-state index contributed by atoms with van der Waals surface area (Å²) in [5.74, 6) is -0.831. The Morgan fingerprint density at radius 2 is 2.05 bits per heavy atom. The summed E-state index contributed by atoms with van der Waals surface area (Å²) in [6, 6.07) is 7.96. The van der Waals surface area contributed by atoms with Gasteiger partial charge in [-0.1, -0.05) is 24.3 Å². The molecule has 1 saturated heterocycles. The largest absolute Gasteiger partial charge is 0.458 e. The van der Waals surface area contributed by atoms with E-state index in [9.17, 15) is 9.59 Å². The van der Waals surface area contributed by atoms with Crippen molar-refractivity contribution in [3.05, 3.63) is 58.9 Å². The van der Waals surface area contributed by atoms with E-state index in [2.05, 4.69) is 0 Å². The highest BCUT2D eigenvalue weighted by Gasteiger charge is 2.46. The normalized spacial score (nSPS) is 30.7. The van der Waals surface area contributed by atoms with Gasteiger partial charge in [-0.2, -0.15) is 0 Å². The number of carbonyl (C=O) groups is 2. The average Bonchev–Trinajstić information content (AvgIpc) is 3.09. The van der Waals surface area contributed by atoms with Crippen LogP contribution in [0.1, 0.15) is 24.2 Å². The quantitative estimate of drug-likeness (QED) is 0.476. The van der Waals surface area contributed by atoms with E-state index in [-0.39, 0.29) is 18.0 Å². The number of fused-ring (bicyclic) bond motifs is 3. The van der Waals surface area contributed by atoms with Crippen LogP contribution < -0.4 is 0 Å². The standard InChI is InChI=1S/C17H14O5/c1-9-6-14(18)21-17(9)20-8-13-12-7-10-4-2-3-5-11(10)15(12)22-16(13)19/h2-6,8,12,15,17H,7H2,1H3. The van der Waals surface area contributed by atoms with Crippen LogP contribution in [0.4, 0.5) is 0 Å². The van der Waals surface area contributed by atoms with Crippen molar-refractivity contribution < 1.29 is 23.8 Å². The van der Waals surface area contributed by atoms with E-state index in [1.54, 1.807) is 6.92 Å². The molecule has 0 amide bonds. The number of hydrogen-bond donors (Lipinski definition) is 0. The number of esters is 2. The summed E-state index contributed by atoms with van der Waals surface area (Å²) in [5.41, 5.74) is 3.43. The van der Waals surface area contributed by atoms with Crippen molar-refractivity contribution in [3.63, 3.8) is 0 Å². The maximum atomic E-state index is 12.1. The van der Waals surface area contributed by atoms with Gasteiger partial charge in [0, 0.05) is 17.6 Å². The topological polar surface area (TPSA) is 61.8 Å². The lowest BCUT2D eigenvalue weighted by Gasteiger charge is -2.12. The first-order chi connectivity index (χ1) is 10.6. The lowest BCUT2D eigenvalue weighted by atomic mass is 9.98. The fourth-order valence-corrected chi connectivity index (χ4v) is 3.20. The SMILES string of the molecule is CC1=CC(=O)OC1OC=C1C(=O)OC2c3ccccc3CC12. The van der Waals surface area contributed by atoms with Crippen molar-refractivity contribution in [3.8, 4) is 0 Å². The van der Waals surface area contributed by atoms with Crippen LogP contribution >= 0.6 is 0 Å². The number of carbonyl (C=O) groups excluding carboxylic acids is 2. The number of benzene rings is 1. The Bertz CT molecular complexity index is 730. The van der Waals surface area contributed by atoms with Crippen LogP contribution in [-0.2, 0) is 30.2 Å². The van der Waals surface area contributed by atoms with E-state index in [1.807, 2.05) is 24.3 Å². The summed E-state index contributed by atoms with van der Waals surface area (Å²) in [6.07, 6.45) is 2.53. The smallest absolute Gasteiger partial charge is 0.338 e. The van der Waals surface area contributed by atoms with Gasteiger partial charge in [-0.25, -0.2) is 9.59 Å². The molecule has 1 aliphatic carbocycles. The van der Waals surface area contributed by atoms with Crippen LogP contribution in [0.15, 0.2) is 47.7 Å². The molecule has 1 aromatic rings. The van der Waals surface area contributed by atoms with E-state index in [0.29, 0.717) is 11.1 Å². The first kappa shape index (κ1) is 13.1. The molecule has 5 nitrogen and oxygen atoms in total. The maximum absolute atomic E-state index is 12.1. The molecule has 1 aromatic carbocycles. The molecule has 22 heavy (non-hydrogen) atoms. The highest BCUT2D eigenvalue weighted by Crippen LogP contribution is 2.47. The fourth-order valence-electron chi connectivity index (χ4n) is 3.20. The minimum absolute atomic E-state index is 0.0358. The van der Waals surface area contributed by atoms with E-state index in [1.165, 1.54) is 17.9 Å². The Hall–Kier alpha value is -2.56. The Morgan fingerprint density at radius 1 is 1.23 bits per heavy atom. The highest BCUT2D eigenvalue weighted by molar-refractivity contribution is 5.92. The molecular weight excluding hydrogens is 284 g/mol. The summed E-state index contributed by atoms with van der Waals surface area (Å²) in [6.45, 7) is 1.75. The van der Waals surface area contributed by atoms with Gasteiger partial charge in [-0.3, -0.25) is 0 Å². The molecule has 2 aliphatic heterocycles. The lowest BCUT2D eigenvalue weighted by Crippen LogP contribution is -2.14. The first-order valence-electron chi connectivity index (χ1n) is 7.16. The second-order valence-electron chi connectivity index (χ2n) is 5.70. The number of hydrogen-bond acceptors (Lipinski definition) is 5. The minimum atomic E-state index is -0.754. The predicted molar refractivity (Wildman–Crippen MR) is 75.3 cm³/mol. The first-order valence-corrected chi connectivity index (χ1v) is 7.16. The van der Waals surface area contributed by atoms with Gasteiger partial charge >= 0.3 is 11.9 Å². The molecule has 4 rings (SSSR count). The van der Waals surface area contributed by atoms with E-state index < -0.39 is 12.3 Å². The third-order valence-corrected chi connectivity index (χ3v) is 4.30. The van der Waals surface area contributed by atoms with Crippen molar-refractivity contribution in [1.29, 1.82) is 0 Å². The fraction of sp³-hybridized carbons (Fsp3) is 0.294. The Kier molecular flexibility index (Phi) is 2.82. The van der Waals surface area contributed by atoms with Gasteiger partial charge in [0.1, 0.15) is 6.10 Å². The minimum Gasteiger partial charge on any atom is -0.458 e. The molecule has 0 radical (unpaired) electrons. The Labute approximate surface area is 127 Å². The maximum Gasteiger partial charge on any atom is 0.338 e. The molecule has 5 heteroatoms. The average molecular weight is 298 g/mol. The monoisotopic (exact) mass is 298 g/mol. The summed E-state index contributed by atoms with van der Waals surface area (Å²) in [5, 5.41) is 0. The molecule has 3 aliphatic rings. The van der Waals surface area contributed by atoms with Gasteiger partial charge in [-0.15, -0.1) is 0 Å².